The van der Waals surface area contributed by atoms with Crippen molar-refractivity contribution in [2.75, 3.05) is 26.7 Å². The van der Waals surface area contributed by atoms with E-state index in [1.807, 2.05) is 18.2 Å². The minimum Gasteiger partial charge on any atom is -0.453 e. The van der Waals surface area contributed by atoms with Gasteiger partial charge in [-0.05, 0) is 25.0 Å². The average molecular weight is 333 g/mol. The highest BCUT2D eigenvalue weighted by molar-refractivity contribution is 7.18. The fourth-order valence-electron chi connectivity index (χ4n) is 2.77. The summed E-state index contributed by atoms with van der Waals surface area (Å²) in [6.45, 7) is 1.38. The average Bonchev–Trinajstić information content (AvgIpc) is 3.03. The number of nitrogens with one attached hydrogen (secondary N) is 1. The molecular formula is C16H19N3O3S. The first kappa shape index (κ1) is 15.7. The number of amides is 2. The molecule has 1 aromatic heterocycles. The van der Waals surface area contributed by atoms with Crippen molar-refractivity contribution in [3.63, 3.8) is 0 Å². The highest BCUT2D eigenvalue weighted by atomic mass is 32.1. The third-order valence-corrected chi connectivity index (χ3v) is 5.28. The number of carbonyl (C=O) groups is 2. The Labute approximate surface area is 138 Å². The number of aromatic nitrogens is 1. The van der Waals surface area contributed by atoms with Crippen LogP contribution in [0.25, 0.3) is 10.2 Å². The van der Waals surface area contributed by atoms with E-state index in [0.717, 1.165) is 23.4 Å². The smallest absolute Gasteiger partial charge is 0.407 e. The van der Waals surface area contributed by atoms with Gasteiger partial charge in [0.25, 0.3) is 0 Å². The minimum atomic E-state index is -0.581. The van der Waals surface area contributed by atoms with Gasteiger partial charge in [-0.15, -0.1) is 11.3 Å². The van der Waals surface area contributed by atoms with Crippen LogP contribution in [-0.4, -0.2) is 48.6 Å². The number of hydrogen-bond acceptors (Lipinski definition) is 5. The van der Waals surface area contributed by atoms with Gasteiger partial charge in [-0.1, -0.05) is 12.1 Å². The molecule has 1 aliphatic heterocycles. The fourth-order valence-corrected chi connectivity index (χ4v) is 3.91. The maximum absolute atomic E-state index is 12.0. The quantitative estimate of drug-likeness (QED) is 0.936. The van der Waals surface area contributed by atoms with Crippen molar-refractivity contribution in [3.8, 4) is 0 Å². The summed E-state index contributed by atoms with van der Waals surface area (Å²) in [5.74, 6) is 0.336. The van der Waals surface area contributed by atoms with Crippen LogP contribution in [0.15, 0.2) is 24.3 Å². The number of fused-ring (bicyclic) bond motifs is 1. The Morgan fingerprint density at radius 1 is 1.35 bits per heavy atom. The Morgan fingerprint density at radius 2 is 2.09 bits per heavy atom. The first-order valence-electron chi connectivity index (χ1n) is 7.62. The molecular weight excluding hydrogens is 314 g/mol. The van der Waals surface area contributed by atoms with Crippen molar-refractivity contribution in [3.05, 3.63) is 29.3 Å². The van der Waals surface area contributed by atoms with Gasteiger partial charge < -0.3 is 15.0 Å². The number of rotatable bonds is 3. The summed E-state index contributed by atoms with van der Waals surface area (Å²) in [5.41, 5.74) is 1.05. The summed E-state index contributed by atoms with van der Waals surface area (Å²) >= 11 is 1.74. The van der Waals surface area contributed by atoms with E-state index < -0.39 is 6.09 Å². The summed E-state index contributed by atoms with van der Waals surface area (Å²) in [6.07, 6.45) is 1.23. The van der Waals surface area contributed by atoms with Gasteiger partial charge in [-0.25, -0.2) is 9.78 Å². The molecule has 122 valence electrons. The zero-order valence-corrected chi connectivity index (χ0v) is 13.8. The van der Waals surface area contributed by atoms with E-state index in [9.17, 15) is 9.59 Å². The second kappa shape index (κ2) is 6.95. The number of benzene rings is 1. The van der Waals surface area contributed by atoms with E-state index >= 15 is 0 Å². The normalized spacial score (nSPS) is 15.6. The van der Waals surface area contributed by atoms with Crippen LogP contribution >= 0.6 is 11.3 Å². The maximum atomic E-state index is 12.0. The van der Waals surface area contributed by atoms with Gasteiger partial charge in [-0.2, -0.15) is 0 Å². The van der Waals surface area contributed by atoms with Crippen molar-refractivity contribution >= 4 is 33.6 Å². The molecule has 7 heteroatoms. The molecule has 1 N–H and O–H groups in total. The van der Waals surface area contributed by atoms with Crippen LogP contribution in [0.1, 0.15) is 23.8 Å². The lowest BCUT2D eigenvalue weighted by molar-refractivity contribution is -0.131. The van der Waals surface area contributed by atoms with E-state index in [4.69, 9.17) is 4.98 Å². The van der Waals surface area contributed by atoms with E-state index in [1.54, 1.807) is 16.2 Å². The lowest BCUT2D eigenvalue weighted by Gasteiger charge is -2.31. The second-order valence-corrected chi connectivity index (χ2v) is 6.58. The number of ether oxygens (including phenoxy) is 1. The molecule has 2 heterocycles. The Bertz CT molecular complexity index is 674. The molecule has 1 aliphatic rings. The summed E-state index contributed by atoms with van der Waals surface area (Å²) < 4.78 is 5.68. The Hall–Kier alpha value is -2.15. The molecule has 2 aromatic rings. The molecule has 23 heavy (non-hydrogen) atoms. The van der Waals surface area contributed by atoms with Gasteiger partial charge in [0.15, 0.2) is 0 Å². The zero-order valence-electron chi connectivity index (χ0n) is 12.9. The maximum Gasteiger partial charge on any atom is 0.407 e. The van der Waals surface area contributed by atoms with Crippen LogP contribution in [-0.2, 0) is 9.53 Å². The van der Waals surface area contributed by atoms with Crippen molar-refractivity contribution in [2.24, 2.45) is 0 Å². The van der Waals surface area contributed by atoms with E-state index in [2.05, 4.69) is 16.1 Å². The number of hydrogen-bond donors (Lipinski definition) is 1. The van der Waals surface area contributed by atoms with Crippen molar-refractivity contribution in [1.29, 1.82) is 0 Å². The fraction of sp³-hybridized carbons (Fsp3) is 0.438. The lowest BCUT2D eigenvalue weighted by Crippen LogP contribution is -2.43. The van der Waals surface area contributed by atoms with E-state index in [0.29, 0.717) is 19.0 Å². The SMILES string of the molecule is COC(=O)NCC(=O)N1CCC(c2nc3ccccc3s2)CC1. The number of alkyl carbamates (subject to hydrolysis) is 1. The number of methoxy groups -OCH3 is 1. The van der Waals surface area contributed by atoms with Gasteiger partial charge in [0, 0.05) is 19.0 Å². The minimum absolute atomic E-state index is 0.0154. The van der Waals surface area contributed by atoms with Crippen LogP contribution in [0.4, 0.5) is 4.79 Å². The number of likely N-dealkylation sites (tertiary alicyclic amines) is 1. The molecule has 0 radical (unpaired) electrons. The van der Waals surface area contributed by atoms with Crippen LogP contribution in [0.3, 0.4) is 0 Å². The van der Waals surface area contributed by atoms with Crippen LogP contribution in [0.5, 0.6) is 0 Å². The van der Waals surface area contributed by atoms with Gasteiger partial charge >= 0.3 is 6.09 Å². The monoisotopic (exact) mass is 333 g/mol. The van der Waals surface area contributed by atoms with Gasteiger partial charge in [0.05, 0.1) is 22.3 Å². The largest absolute Gasteiger partial charge is 0.453 e. The molecule has 0 bridgehead atoms. The van der Waals surface area contributed by atoms with Gasteiger partial charge in [-0.3, -0.25) is 4.79 Å². The molecule has 1 saturated heterocycles. The molecule has 2 amide bonds. The molecule has 1 fully saturated rings. The lowest BCUT2D eigenvalue weighted by atomic mass is 9.97. The van der Waals surface area contributed by atoms with Crippen LogP contribution in [0, 0.1) is 0 Å². The summed E-state index contributed by atoms with van der Waals surface area (Å²) in [6, 6.07) is 8.15. The number of piperidine rings is 1. The highest BCUT2D eigenvalue weighted by Gasteiger charge is 2.25. The second-order valence-electron chi connectivity index (χ2n) is 5.52. The molecule has 6 nitrogen and oxygen atoms in total. The molecule has 0 atom stereocenters. The third-order valence-electron chi connectivity index (χ3n) is 4.08. The molecule has 0 unspecified atom stereocenters. The number of carbonyl (C=O) groups excluding carboxylic acids is 2. The molecule has 0 spiro atoms. The van der Waals surface area contributed by atoms with Crippen molar-refractivity contribution in [1.82, 2.24) is 15.2 Å². The van der Waals surface area contributed by atoms with E-state index in [-0.39, 0.29) is 12.5 Å². The molecule has 0 aliphatic carbocycles. The molecule has 3 rings (SSSR count). The van der Waals surface area contributed by atoms with E-state index in [1.165, 1.54) is 11.8 Å². The van der Waals surface area contributed by atoms with Gasteiger partial charge in [0.1, 0.15) is 6.54 Å². The van der Waals surface area contributed by atoms with Crippen molar-refractivity contribution in [2.45, 2.75) is 18.8 Å². The number of para-hydroxylation sites is 1. The predicted octanol–water partition coefficient (Wildman–Crippen LogP) is 2.36. The Morgan fingerprint density at radius 3 is 2.78 bits per heavy atom. The van der Waals surface area contributed by atoms with Crippen LogP contribution in [0.2, 0.25) is 0 Å². The topological polar surface area (TPSA) is 71.5 Å². The zero-order chi connectivity index (χ0) is 16.2. The summed E-state index contributed by atoms with van der Waals surface area (Å²) in [5, 5.41) is 3.59. The predicted molar refractivity (Wildman–Crippen MR) is 88.6 cm³/mol. The van der Waals surface area contributed by atoms with Crippen molar-refractivity contribution < 1.29 is 14.3 Å². The van der Waals surface area contributed by atoms with Crippen LogP contribution < -0.4 is 5.32 Å². The Kier molecular flexibility index (Phi) is 4.76. The molecule has 1 aromatic carbocycles. The standard InChI is InChI=1S/C16H19N3O3S/c1-22-16(21)17-10-14(20)19-8-6-11(7-9-19)15-18-12-4-2-3-5-13(12)23-15/h2-5,11H,6-10H2,1H3,(H,17,21). The molecule has 0 saturated carbocycles. The first-order valence-corrected chi connectivity index (χ1v) is 8.44. The Balaban J connectivity index is 1.55. The number of nitrogens with zero attached hydrogens (tertiary/aromatic N) is 2. The highest BCUT2D eigenvalue weighted by Crippen LogP contribution is 2.33. The van der Waals surface area contributed by atoms with Gasteiger partial charge in [0.2, 0.25) is 5.91 Å². The first-order chi connectivity index (χ1) is 11.2. The number of thiazole rings is 1. The summed E-state index contributed by atoms with van der Waals surface area (Å²) in [4.78, 5) is 29.6. The third kappa shape index (κ3) is 3.61. The summed E-state index contributed by atoms with van der Waals surface area (Å²) in [7, 11) is 1.28.